The number of carboxylic acid groups (broad SMARTS) is 1. The lowest BCUT2D eigenvalue weighted by molar-refractivity contribution is -0.139. The molecule has 1 saturated carbocycles. The van der Waals surface area contributed by atoms with Gasteiger partial charge in [-0.05, 0) is 31.5 Å². The molecule has 1 aliphatic heterocycles. The molecule has 2 aliphatic rings. The molecule has 6 nitrogen and oxygen atoms in total. The number of hydrogen-bond donors (Lipinski definition) is 2. The highest BCUT2D eigenvalue weighted by Gasteiger charge is 2.41. The van der Waals surface area contributed by atoms with Crippen LogP contribution in [0.3, 0.4) is 0 Å². The van der Waals surface area contributed by atoms with Gasteiger partial charge in [0.2, 0.25) is 0 Å². The van der Waals surface area contributed by atoms with Crippen molar-refractivity contribution in [1.29, 1.82) is 0 Å². The molecule has 2 amide bonds. The normalized spacial score (nSPS) is 23.5. The Balaban J connectivity index is 1.61. The molecular formula is C19H26ClN3O3. The molecule has 0 spiro atoms. The number of rotatable bonds is 5. The van der Waals surface area contributed by atoms with Crippen LogP contribution in [0.5, 0.6) is 0 Å². The van der Waals surface area contributed by atoms with Crippen molar-refractivity contribution in [2.45, 2.75) is 51.1 Å². The number of benzene rings is 1. The number of carboxylic acids is 1. The zero-order valence-corrected chi connectivity index (χ0v) is 16.2. The first-order chi connectivity index (χ1) is 12.2. The van der Waals surface area contributed by atoms with Gasteiger partial charge in [-0.15, -0.1) is 0 Å². The van der Waals surface area contributed by atoms with Gasteiger partial charge in [0.05, 0.1) is 12.2 Å². The molecule has 2 N–H and O–H groups in total. The van der Waals surface area contributed by atoms with Gasteiger partial charge in [-0.3, -0.25) is 14.6 Å². The third kappa shape index (κ3) is 3.53. The van der Waals surface area contributed by atoms with Gasteiger partial charge in [0.15, 0.2) is 0 Å². The summed E-state index contributed by atoms with van der Waals surface area (Å²) in [6.07, 6.45) is 1.57. The number of nitrogens with one attached hydrogen (secondary N) is 1. The predicted molar refractivity (Wildman–Crippen MR) is 102 cm³/mol. The summed E-state index contributed by atoms with van der Waals surface area (Å²) in [5.41, 5.74) is 1.70. The number of anilines is 1. The number of carbonyl (C=O) groups excluding carboxylic acids is 1. The SMILES string of the molecule is CCN(CC(=O)O)C1CC(NC(=O)N2CC(C)(C)c3c(Cl)cccc32)C1. The highest BCUT2D eigenvalue weighted by molar-refractivity contribution is 6.32. The number of hydrogen-bond acceptors (Lipinski definition) is 3. The lowest BCUT2D eigenvalue weighted by atomic mass is 9.85. The van der Waals surface area contributed by atoms with Crippen molar-refractivity contribution in [3.8, 4) is 0 Å². The summed E-state index contributed by atoms with van der Waals surface area (Å²) < 4.78 is 0. The summed E-state index contributed by atoms with van der Waals surface area (Å²) in [4.78, 5) is 27.4. The van der Waals surface area contributed by atoms with Gasteiger partial charge >= 0.3 is 12.0 Å². The van der Waals surface area contributed by atoms with E-state index in [2.05, 4.69) is 19.2 Å². The second kappa shape index (κ2) is 7.08. The van der Waals surface area contributed by atoms with Gasteiger partial charge in [-0.1, -0.05) is 38.4 Å². The molecule has 0 aromatic heterocycles. The number of amides is 2. The maximum atomic E-state index is 12.8. The molecule has 0 bridgehead atoms. The molecule has 1 aromatic carbocycles. The number of halogens is 1. The van der Waals surface area contributed by atoms with Crippen molar-refractivity contribution in [3.63, 3.8) is 0 Å². The Morgan fingerprint density at radius 1 is 1.38 bits per heavy atom. The maximum Gasteiger partial charge on any atom is 0.322 e. The number of aliphatic carboxylic acids is 1. The Kier molecular flexibility index (Phi) is 5.17. The van der Waals surface area contributed by atoms with E-state index in [0.717, 1.165) is 24.1 Å². The van der Waals surface area contributed by atoms with E-state index in [9.17, 15) is 9.59 Å². The molecule has 0 radical (unpaired) electrons. The zero-order valence-electron chi connectivity index (χ0n) is 15.5. The Bertz CT molecular complexity index is 716. The average Bonchev–Trinajstić information content (AvgIpc) is 2.81. The Morgan fingerprint density at radius 3 is 2.69 bits per heavy atom. The molecule has 0 unspecified atom stereocenters. The first-order valence-corrected chi connectivity index (χ1v) is 9.43. The summed E-state index contributed by atoms with van der Waals surface area (Å²) in [6, 6.07) is 5.86. The van der Waals surface area contributed by atoms with E-state index in [4.69, 9.17) is 16.7 Å². The Labute approximate surface area is 159 Å². The minimum absolute atomic E-state index is 0.0496. The third-order valence-corrected chi connectivity index (χ3v) is 5.77. The van der Waals surface area contributed by atoms with Gasteiger partial charge in [0.25, 0.3) is 0 Å². The number of fused-ring (bicyclic) bond motifs is 1. The summed E-state index contributed by atoms with van der Waals surface area (Å²) >= 11 is 6.37. The second-order valence-electron chi connectivity index (χ2n) is 7.83. The fourth-order valence-electron chi connectivity index (χ4n) is 4.08. The van der Waals surface area contributed by atoms with Crippen LogP contribution in [0.25, 0.3) is 0 Å². The molecule has 1 heterocycles. The van der Waals surface area contributed by atoms with Gasteiger partial charge in [-0.25, -0.2) is 4.79 Å². The summed E-state index contributed by atoms with van der Waals surface area (Å²) in [5, 5.41) is 12.8. The molecular weight excluding hydrogens is 354 g/mol. The van der Waals surface area contributed by atoms with Crippen LogP contribution in [0.2, 0.25) is 5.02 Å². The molecule has 0 atom stereocenters. The number of carbonyl (C=O) groups is 2. The minimum Gasteiger partial charge on any atom is -0.480 e. The lowest BCUT2D eigenvalue weighted by Gasteiger charge is -2.42. The smallest absolute Gasteiger partial charge is 0.322 e. The van der Waals surface area contributed by atoms with Crippen LogP contribution in [0.4, 0.5) is 10.5 Å². The third-order valence-electron chi connectivity index (χ3n) is 5.46. The topological polar surface area (TPSA) is 72.9 Å². The van der Waals surface area contributed by atoms with E-state index < -0.39 is 5.97 Å². The molecule has 26 heavy (non-hydrogen) atoms. The fourth-order valence-corrected chi connectivity index (χ4v) is 4.50. The van der Waals surface area contributed by atoms with Crippen molar-refractivity contribution in [2.24, 2.45) is 0 Å². The highest BCUT2D eigenvalue weighted by Crippen LogP contribution is 2.44. The quantitative estimate of drug-likeness (QED) is 0.824. The van der Waals surface area contributed by atoms with E-state index in [1.54, 1.807) is 4.90 Å². The van der Waals surface area contributed by atoms with Crippen LogP contribution in [-0.2, 0) is 10.2 Å². The van der Waals surface area contributed by atoms with E-state index >= 15 is 0 Å². The van der Waals surface area contributed by atoms with Crippen molar-refractivity contribution in [2.75, 3.05) is 24.5 Å². The van der Waals surface area contributed by atoms with Gasteiger partial charge < -0.3 is 10.4 Å². The number of likely N-dealkylation sites (N-methyl/N-ethyl adjacent to an activating group) is 1. The number of nitrogens with zero attached hydrogens (tertiary/aromatic N) is 2. The van der Waals surface area contributed by atoms with Crippen molar-refractivity contribution in [1.82, 2.24) is 10.2 Å². The molecule has 1 fully saturated rings. The van der Waals surface area contributed by atoms with Crippen molar-refractivity contribution < 1.29 is 14.7 Å². The molecule has 1 aromatic rings. The molecule has 142 valence electrons. The van der Waals surface area contributed by atoms with Crippen molar-refractivity contribution in [3.05, 3.63) is 28.8 Å². The zero-order chi connectivity index (χ0) is 19.1. The first-order valence-electron chi connectivity index (χ1n) is 9.05. The van der Waals surface area contributed by atoms with Crippen LogP contribution in [0.15, 0.2) is 18.2 Å². The summed E-state index contributed by atoms with van der Waals surface area (Å²) in [7, 11) is 0. The molecule has 0 saturated heterocycles. The molecule has 7 heteroatoms. The van der Waals surface area contributed by atoms with Crippen LogP contribution >= 0.6 is 11.6 Å². The van der Waals surface area contributed by atoms with E-state index in [0.29, 0.717) is 18.1 Å². The average molecular weight is 380 g/mol. The Hall–Kier alpha value is -1.79. The van der Waals surface area contributed by atoms with E-state index in [-0.39, 0.29) is 30.1 Å². The standard InChI is InChI=1S/C19H26ClN3O3/c1-4-22(10-16(24)25)13-8-12(9-13)21-18(26)23-11-19(2,3)17-14(20)6-5-7-15(17)23/h5-7,12-13H,4,8-11H2,1-3H3,(H,21,26)(H,24,25). The largest absolute Gasteiger partial charge is 0.480 e. The van der Waals surface area contributed by atoms with Crippen LogP contribution in [-0.4, -0.2) is 53.7 Å². The molecule has 1 aliphatic carbocycles. The van der Waals surface area contributed by atoms with Gasteiger partial charge in [0.1, 0.15) is 0 Å². The predicted octanol–water partition coefficient (Wildman–Crippen LogP) is 3.08. The summed E-state index contributed by atoms with van der Waals surface area (Å²) in [6.45, 7) is 7.48. The lowest BCUT2D eigenvalue weighted by Crippen LogP contribution is -2.57. The van der Waals surface area contributed by atoms with Crippen LogP contribution in [0.1, 0.15) is 39.2 Å². The minimum atomic E-state index is -0.813. The maximum absolute atomic E-state index is 12.8. The monoisotopic (exact) mass is 379 g/mol. The fraction of sp³-hybridized carbons (Fsp3) is 0.579. The summed E-state index contributed by atoms with van der Waals surface area (Å²) in [5.74, 6) is -0.813. The molecule has 3 rings (SSSR count). The van der Waals surface area contributed by atoms with Gasteiger partial charge in [-0.2, -0.15) is 0 Å². The van der Waals surface area contributed by atoms with Gasteiger partial charge in [0, 0.05) is 34.6 Å². The number of urea groups is 1. The van der Waals surface area contributed by atoms with Crippen LogP contribution < -0.4 is 10.2 Å². The second-order valence-corrected chi connectivity index (χ2v) is 8.24. The first kappa shape index (κ1) is 19.0. The van der Waals surface area contributed by atoms with Crippen LogP contribution in [0, 0.1) is 0 Å². The van der Waals surface area contributed by atoms with Crippen molar-refractivity contribution >= 4 is 29.3 Å². The Morgan fingerprint density at radius 2 is 2.08 bits per heavy atom. The van der Waals surface area contributed by atoms with E-state index in [1.165, 1.54) is 0 Å². The highest BCUT2D eigenvalue weighted by atomic mass is 35.5. The van der Waals surface area contributed by atoms with E-state index in [1.807, 2.05) is 30.0 Å².